The van der Waals surface area contributed by atoms with E-state index in [1.165, 1.54) is 0 Å². The number of nitrogens with zero attached hydrogens (tertiary/aromatic N) is 2. The maximum atomic E-state index is 15.4. The molecule has 2 fully saturated rings. The van der Waals surface area contributed by atoms with Crippen LogP contribution in [0.1, 0.15) is 30.4 Å². The van der Waals surface area contributed by atoms with Crippen molar-refractivity contribution in [3.8, 4) is 28.1 Å². The van der Waals surface area contributed by atoms with Gasteiger partial charge in [0.1, 0.15) is 5.75 Å². The number of amides is 1. The fourth-order valence-corrected chi connectivity index (χ4v) is 6.18. The summed E-state index contributed by atoms with van der Waals surface area (Å²) in [5.74, 6) is 0.415. The lowest BCUT2D eigenvalue weighted by molar-refractivity contribution is -0.119. The van der Waals surface area contributed by atoms with Crippen molar-refractivity contribution in [2.75, 3.05) is 32.1 Å². The molecule has 4 heterocycles. The second-order valence-electron chi connectivity index (χ2n) is 11.3. The number of carbonyl (C=O) groups is 1. The largest absolute Gasteiger partial charge is 0.496 e. The Bertz CT molecular complexity index is 1720. The van der Waals surface area contributed by atoms with Crippen molar-refractivity contribution in [2.45, 2.75) is 44.5 Å². The summed E-state index contributed by atoms with van der Waals surface area (Å²) < 4.78 is 26.5. The molecule has 2 saturated heterocycles. The van der Waals surface area contributed by atoms with Crippen LogP contribution in [0.4, 0.5) is 15.9 Å². The molecule has 2 atom stereocenters. The van der Waals surface area contributed by atoms with E-state index in [1.807, 2.05) is 30.3 Å². The van der Waals surface area contributed by atoms with E-state index in [0.29, 0.717) is 76.5 Å². The van der Waals surface area contributed by atoms with E-state index in [4.69, 9.17) is 32.7 Å². The highest BCUT2D eigenvalue weighted by atomic mass is 35.5. The number of halogens is 3. The minimum atomic E-state index is -0.451. The van der Waals surface area contributed by atoms with E-state index in [1.54, 1.807) is 37.7 Å². The first-order valence-corrected chi connectivity index (χ1v) is 16.0. The highest BCUT2D eigenvalue weighted by Gasteiger charge is 2.21. The zero-order chi connectivity index (χ0) is 32.0. The Balaban J connectivity index is 1.19. The van der Waals surface area contributed by atoms with Crippen LogP contribution in [0.25, 0.3) is 22.4 Å². The van der Waals surface area contributed by atoms with Crippen LogP contribution in [0.5, 0.6) is 5.75 Å². The first-order valence-electron chi connectivity index (χ1n) is 15.2. The van der Waals surface area contributed by atoms with E-state index in [9.17, 15) is 4.79 Å². The summed E-state index contributed by atoms with van der Waals surface area (Å²) in [5.41, 5.74) is 4.63. The molecule has 0 spiro atoms. The van der Waals surface area contributed by atoms with Crippen LogP contribution in [-0.2, 0) is 22.6 Å². The number of pyridine rings is 2. The lowest BCUT2D eigenvalue weighted by Crippen LogP contribution is -2.37. The molecule has 2 aromatic carbocycles. The highest BCUT2D eigenvalue weighted by Crippen LogP contribution is 2.41. The van der Waals surface area contributed by atoms with Crippen LogP contribution in [0, 0.1) is 5.82 Å². The van der Waals surface area contributed by atoms with E-state index < -0.39 is 5.82 Å². The number of hydrogen-bond acceptors (Lipinski definition) is 8. The van der Waals surface area contributed by atoms with Crippen molar-refractivity contribution < 1.29 is 18.7 Å². The Morgan fingerprint density at radius 3 is 2.52 bits per heavy atom. The van der Waals surface area contributed by atoms with Crippen LogP contribution in [0.2, 0.25) is 10.0 Å². The van der Waals surface area contributed by atoms with Gasteiger partial charge < -0.3 is 30.7 Å². The molecule has 2 aliphatic heterocycles. The zero-order valence-corrected chi connectivity index (χ0v) is 26.8. The van der Waals surface area contributed by atoms with Crippen molar-refractivity contribution in [3.63, 3.8) is 0 Å². The monoisotopic (exact) mass is 664 g/mol. The summed E-state index contributed by atoms with van der Waals surface area (Å²) in [7, 11) is 1.62. The van der Waals surface area contributed by atoms with Gasteiger partial charge in [-0.1, -0.05) is 47.5 Å². The smallest absolute Gasteiger partial charge is 0.220 e. The van der Waals surface area contributed by atoms with Gasteiger partial charge in [-0.3, -0.25) is 9.78 Å². The number of rotatable bonds is 13. The summed E-state index contributed by atoms with van der Waals surface area (Å²) in [6.07, 6.45) is 5.85. The van der Waals surface area contributed by atoms with Gasteiger partial charge in [-0.25, -0.2) is 9.37 Å². The van der Waals surface area contributed by atoms with Gasteiger partial charge in [0.2, 0.25) is 5.91 Å². The predicted octanol–water partition coefficient (Wildman–Crippen LogP) is 6.26. The van der Waals surface area contributed by atoms with Gasteiger partial charge >= 0.3 is 0 Å². The minimum absolute atomic E-state index is 0.0782. The Kier molecular flexibility index (Phi) is 10.3. The average Bonchev–Trinajstić information content (AvgIpc) is 3.46. The van der Waals surface area contributed by atoms with Gasteiger partial charge in [-0.05, 0) is 37.1 Å². The molecule has 12 heteroatoms. The van der Waals surface area contributed by atoms with Crippen molar-refractivity contribution in [1.29, 1.82) is 0 Å². The first-order chi connectivity index (χ1) is 22.4. The van der Waals surface area contributed by atoms with Gasteiger partial charge in [0.25, 0.3) is 0 Å². The van der Waals surface area contributed by atoms with E-state index in [2.05, 4.69) is 31.2 Å². The summed E-state index contributed by atoms with van der Waals surface area (Å²) in [4.78, 5) is 20.3. The molecule has 0 aliphatic carbocycles. The number of carbonyl (C=O) groups excluding carboxylic acids is 1. The first kappa shape index (κ1) is 32.2. The van der Waals surface area contributed by atoms with E-state index >= 15 is 4.39 Å². The van der Waals surface area contributed by atoms with Gasteiger partial charge in [0, 0.05) is 85.5 Å². The SMILES string of the molecule is COc1cc(-c2nccc(-c3cccc(Nc4nccc(CNCC5CCO5)c4F)c3Cl)c2Cl)ccc1CNCC1CCC(=O)N1. The standard InChI is InChI=1S/C34H35Cl2FN6O3/c1-45-28-15-20(5-6-21(28)16-38-18-23-7-8-29(44)42-23)33-31(36)26(10-13-40-33)25-3-2-4-27(30(25)35)43-34-32(37)22(9-12-41-34)17-39-19-24-11-14-46-24/h2-6,9-10,12-13,15,23-24,38-39H,7-8,11,14,16-19H2,1H3,(H,41,43)(H,42,44). The third-order valence-corrected chi connectivity index (χ3v) is 9.02. The number of nitrogens with one attached hydrogen (secondary N) is 4. The quantitative estimate of drug-likeness (QED) is 0.133. The number of anilines is 2. The third kappa shape index (κ3) is 7.27. The molecule has 9 nitrogen and oxygen atoms in total. The molecule has 240 valence electrons. The van der Waals surface area contributed by atoms with Crippen molar-refractivity contribution in [2.24, 2.45) is 0 Å². The second kappa shape index (κ2) is 14.7. The molecule has 2 unspecified atom stereocenters. The summed E-state index contributed by atoms with van der Waals surface area (Å²) in [5, 5.41) is 13.5. The average molecular weight is 666 g/mol. The van der Waals surface area contributed by atoms with Crippen LogP contribution in [-0.4, -0.2) is 54.8 Å². The summed E-state index contributed by atoms with van der Waals surface area (Å²) in [6, 6.07) is 14.9. The molecule has 2 aromatic heterocycles. The van der Waals surface area contributed by atoms with Crippen molar-refractivity contribution >= 4 is 40.6 Å². The molecule has 1 amide bonds. The molecule has 0 bridgehead atoms. The van der Waals surface area contributed by atoms with Gasteiger partial charge in [0.15, 0.2) is 11.6 Å². The number of aromatic nitrogens is 2. The molecule has 6 rings (SSSR count). The topological polar surface area (TPSA) is 109 Å². The molecule has 2 aliphatic rings. The second-order valence-corrected chi connectivity index (χ2v) is 12.1. The lowest BCUT2D eigenvalue weighted by Gasteiger charge is -2.26. The maximum absolute atomic E-state index is 15.4. The van der Waals surface area contributed by atoms with Gasteiger partial charge in [-0.2, -0.15) is 0 Å². The Labute approximate surface area is 277 Å². The Morgan fingerprint density at radius 1 is 0.978 bits per heavy atom. The number of ether oxygens (including phenoxy) is 2. The molecule has 4 N–H and O–H groups in total. The predicted molar refractivity (Wildman–Crippen MR) is 178 cm³/mol. The number of hydrogen-bond donors (Lipinski definition) is 4. The molecular weight excluding hydrogens is 630 g/mol. The van der Waals surface area contributed by atoms with Crippen LogP contribution in [0.3, 0.4) is 0 Å². The number of benzene rings is 2. The van der Waals surface area contributed by atoms with E-state index in [-0.39, 0.29) is 23.9 Å². The van der Waals surface area contributed by atoms with Gasteiger partial charge in [0.05, 0.1) is 34.6 Å². The fourth-order valence-electron chi connectivity index (χ4n) is 5.59. The Morgan fingerprint density at radius 2 is 1.76 bits per heavy atom. The molecular formula is C34H35Cl2FN6O3. The van der Waals surface area contributed by atoms with Crippen LogP contribution < -0.4 is 26.0 Å². The van der Waals surface area contributed by atoms with Crippen LogP contribution in [0.15, 0.2) is 60.9 Å². The summed E-state index contributed by atoms with van der Waals surface area (Å²) in [6.45, 7) is 3.07. The maximum Gasteiger partial charge on any atom is 0.220 e. The normalized spacial score (nSPS) is 17.4. The molecule has 46 heavy (non-hydrogen) atoms. The van der Waals surface area contributed by atoms with E-state index in [0.717, 1.165) is 30.6 Å². The third-order valence-electron chi connectivity index (χ3n) is 8.23. The minimum Gasteiger partial charge on any atom is -0.496 e. The molecule has 0 radical (unpaired) electrons. The van der Waals surface area contributed by atoms with Crippen molar-refractivity contribution in [3.05, 3.63) is 87.9 Å². The lowest BCUT2D eigenvalue weighted by atomic mass is 10.0. The fraction of sp³-hybridized carbons (Fsp3) is 0.324. The Hall–Kier alpha value is -3.80. The van der Waals surface area contributed by atoms with Gasteiger partial charge in [-0.15, -0.1) is 0 Å². The van der Waals surface area contributed by atoms with Crippen molar-refractivity contribution in [1.82, 2.24) is 25.9 Å². The number of methoxy groups -OCH3 is 1. The highest BCUT2D eigenvalue weighted by molar-refractivity contribution is 6.39. The molecule has 4 aromatic rings. The molecule has 0 saturated carbocycles. The summed E-state index contributed by atoms with van der Waals surface area (Å²) >= 11 is 13.9. The van der Waals surface area contributed by atoms with Crippen LogP contribution >= 0.6 is 23.2 Å². The zero-order valence-electron chi connectivity index (χ0n) is 25.3.